The normalized spacial score (nSPS) is 11.3. The van der Waals surface area contributed by atoms with Crippen LogP contribution in [0, 0.1) is 40.7 Å². The number of nitrogens with zero attached hydrogens (tertiary/aromatic N) is 4. The molecule has 0 amide bonds. The van der Waals surface area contributed by atoms with Crippen molar-refractivity contribution in [3.63, 3.8) is 0 Å². The summed E-state index contributed by atoms with van der Waals surface area (Å²) in [5, 5.41) is 13.4. The summed E-state index contributed by atoms with van der Waals surface area (Å²) in [6.07, 6.45) is 3.71. The van der Waals surface area contributed by atoms with Crippen LogP contribution in [0.4, 0.5) is 0 Å². The zero-order valence-electron chi connectivity index (χ0n) is 21.2. The molecule has 0 fully saturated rings. The molecule has 6 aromatic rings. The van der Waals surface area contributed by atoms with E-state index in [2.05, 4.69) is 44.8 Å². The van der Waals surface area contributed by atoms with E-state index in [4.69, 9.17) is 14.7 Å². The molecule has 0 bridgehead atoms. The first-order valence-electron chi connectivity index (χ1n) is 11.8. The number of aromatic hydroxyl groups is 1. The zero-order valence-corrected chi connectivity index (χ0v) is 23.4. The van der Waals surface area contributed by atoms with Gasteiger partial charge in [0.15, 0.2) is 0 Å². The van der Waals surface area contributed by atoms with Gasteiger partial charge in [-0.2, -0.15) is 0 Å². The summed E-state index contributed by atoms with van der Waals surface area (Å²) in [5.41, 5.74) is 7.63. The molecule has 4 heterocycles. The van der Waals surface area contributed by atoms with Crippen molar-refractivity contribution in [2.24, 2.45) is 0 Å². The van der Waals surface area contributed by atoms with Crippen LogP contribution in [0.2, 0.25) is 0 Å². The average molecular weight is 669 g/mol. The first kappa shape index (κ1) is 24.9. The largest absolute Gasteiger partial charge is 0.506 e. The van der Waals surface area contributed by atoms with Gasteiger partial charge in [0.1, 0.15) is 22.7 Å². The van der Waals surface area contributed by atoms with Gasteiger partial charge < -0.3 is 14.4 Å². The number of benzene rings is 2. The summed E-state index contributed by atoms with van der Waals surface area (Å²) in [4.78, 5) is 14.0. The zero-order chi connectivity index (χ0) is 25.1. The van der Waals surface area contributed by atoms with Gasteiger partial charge in [-0.25, -0.2) is 15.0 Å². The Morgan fingerprint density at radius 3 is 2.43 bits per heavy atom. The Kier molecular flexibility index (Phi) is 6.24. The number of aryl methyl sites for hydroxylation is 5. The van der Waals surface area contributed by atoms with Crippen LogP contribution in [0.3, 0.4) is 0 Å². The molecule has 0 unspecified atom stereocenters. The molecule has 0 saturated carbocycles. The molecule has 0 saturated heterocycles. The molecular weight excluding hydrogens is 643 g/mol. The van der Waals surface area contributed by atoms with Crippen LogP contribution in [0.25, 0.3) is 38.7 Å². The Morgan fingerprint density at radius 1 is 0.838 bits per heavy atom. The standard InChI is InChI=1S/C30H25N4O2.Pt/c1-16-10-21-6-7-26(33-29(21)24(35)11-16)36-22-12-19(4)27-23(14-22)34(25-13-18(3)20(5)15-32-25)30-28(27)17(2)8-9-31-30;/h6-13,15,35H,1-5H3;/q-1;. The van der Waals surface area contributed by atoms with Crippen molar-refractivity contribution in [1.82, 2.24) is 19.5 Å². The summed E-state index contributed by atoms with van der Waals surface area (Å²) in [7, 11) is 0. The molecule has 7 heteroatoms. The number of hydrogen-bond donors (Lipinski definition) is 1. The molecule has 37 heavy (non-hydrogen) atoms. The summed E-state index contributed by atoms with van der Waals surface area (Å²) >= 11 is 0. The molecule has 188 valence electrons. The molecule has 1 N–H and O–H groups in total. The van der Waals surface area contributed by atoms with Gasteiger partial charge in [0, 0.05) is 50.7 Å². The van der Waals surface area contributed by atoms with Gasteiger partial charge in [0.2, 0.25) is 5.88 Å². The molecule has 4 aromatic heterocycles. The number of phenols is 1. The van der Waals surface area contributed by atoms with E-state index in [1.807, 2.05) is 48.1 Å². The van der Waals surface area contributed by atoms with Crippen LogP contribution < -0.4 is 4.74 Å². The smallest absolute Gasteiger partial charge is 0.217 e. The van der Waals surface area contributed by atoms with E-state index in [1.54, 1.807) is 12.1 Å². The van der Waals surface area contributed by atoms with E-state index < -0.39 is 0 Å². The first-order chi connectivity index (χ1) is 17.3. The first-order valence-corrected chi connectivity index (χ1v) is 11.8. The second kappa shape index (κ2) is 9.28. The van der Waals surface area contributed by atoms with Crippen LogP contribution in [-0.2, 0) is 21.1 Å². The second-order valence-corrected chi connectivity index (χ2v) is 9.44. The van der Waals surface area contributed by atoms with Crippen molar-refractivity contribution in [3.8, 4) is 23.2 Å². The van der Waals surface area contributed by atoms with Crippen molar-refractivity contribution < 1.29 is 30.9 Å². The van der Waals surface area contributed by atoms with E-state index in [0.717, 1.165) is 61.0 Å². The molecule has 2 aromatic carbocycles. The van der Waals surface area contributed by atoms with Crippen LogP contribution in [0.1, 0.15) is 27.8 Å². The molecule has 0 atom stereocenters. The summed E-state index contributed by atoms with van der Waals surface area (Å²) in [6, 6.07) is 16.9. The maximum atomic E-state index is 10.4. The molecular formula is C30H25N4O2Pt-. The van der Waals surface area contributed by atoms with Gasteiger partial charge >= 0.3 is 0 Å². The molecule has 0 aliphatic rings. The molecule has 6 nitrogen and oxygen atoms in total. The molecule has 0 spiro atoms. The van der Waals surface area contributed by atoms with Crippen molar-refractivity contribution in [2.45, 2.75) is 34.6 Å². The predicted molar refractivity (Wildman–Crippen MR) is 142 cm³/mol. The van der Waals surface area contributed by atoms with Gasteiger partial charge in [-0.3, -0.25) is 0 Å². The monoisotopic (exact) mass is 668 g/mol. The van der Waals surface area contributed by atoms with Crippen LogP contribution in [-0.4, -0.2) is 24.6 Å². The SMILES string of the molecule is Cc1cc(O)c2nc(Oc3[c-]c4c(c(C)c3)c3c(C)ccnc3n4-c3cc(C)c(C)cn3)ccc2c1.[Pt]. The van der Waals surface area contributed by atoms with E-state index in [-0.39, 0.29) is 26.8 Å². The minimum atomic E-state index is 0. The Balaban J connectivity index is 0.00000280. The van der Waals surface area contributed by atoms with Crippen molar-refractivity contribution in [3.05, 3.63) is 88.7 Å². The van der Waals surface area contributed by atoms with Crippen LogP contribution >= 0.6 is 0 Å². The van der Waals surface area contributed by atoms with E-state index in [1.165, 1.54) is 0 Å². The number of phenolic OH excluding ortho intramolecular Hbond substituents is 1. The minimum absolute atomic E-state index is 0. The fraction of sp³-hybridized carbons (Fsp3) is 0.167. The van der Waals surface area contributed by atoms with Crippen molar-refractivity contribution in [1.29, 1.82) is 0 Å². The van der Waals surface area contributed by atoms with E-state index in [9.17, 15) is 5.11 Å². The Hall–Kier alpha value is -3.76. The fourth-order valence-corrected chi connectivity index (χ4v) is 4.81. The Bertz CT molecular complexity index is 1840. The van der Waals surface area contributed by atoms with Crippen molar-refractivity contribution >= 4 is 32.8 Å². The summed E-state index contributed by atoms with van der Waals surface area (Å²) < 4.78 is 8.24. The second-order valence-electron chi connectivity index (χ2n) is 9.44. The third-order valence-corrected chi connectivity index (χ3v) is 6.74. The Labute approximate surface area is 229 Å². The quantitative estimate of drug-likeness (QED) is 0.207. The van der Waals surface area contributed by atoms with Crippen LogP contribution in [0.15, 0.2) is 54.9 Å². The number of aromatic nitrogens is 4. The summed E-state index contributed by atoms with van der Waals surface area (Å²) in [6.45, 7) is 10.2. The number of rotatable bonds is 3. The third-order valence-electron chi connectivity index (χ3n) is 6.74. The van der Waals surface area contributed by atoms with Gasteiger partial charge in [-0.15, -0.1) is 17.7 Å². The molecule has 0 aliphatic carbocycles. The average Bonchev–Trinajstić information content (AvgIpc) is 3.17. The van der Waals surface area contributed by atoms with Crippen LogP contribution in [0.5, 0.6) is 17.4 Å². The maximum Gasteiger partial charge on any atom is 0.217 e. The maximum absolute atomic E-state index is 10.4. The summed E-state index contributed by atoms with van der Waals surface area (Å²) in [5.74, 6) is 1.84. The van der Waals surface area contributed by atoms with Gasteiger partial charge in [-0.05, 0) is 80.1 Å². The number of hydrogen-bond acceptors (Lipinski definition) is 5. The topological polar surface area (TPSA) is 73.1 Å². The third kappa shape index (κ3) is 4.15. The number of fused-ring (bicyclic) bond motifs is 4. The number of pyridine rings is 3. The van der Waals surface area contributed by atoms with E-state index in [0.29, 0.717) is 17.1 Å². The molecule has 6 rings (SSSR count). The van der Waals surface area contributed by atoms with Gasteiger partial charge in [0.05, 0.1) is 0 Å². The Morgan fingerprint density at radius 2 is 1.65 bits per heavy atom. The van der Waals surface area contributed by atoms with E-state index >= 15 is 0 Å². The molecule has 0 aliphatic heterocycles. The van der Waals surface area contributed by atoms with Gasteiger partial charge in [0.25, 0.3) is 0 Å². The molecule has 0 radical (unpaired) electrons. The van der Waals surface area contributed by atoms with Gasteiger partial charge in [-0.1, -0.05) is 23.4 Å². The fourth-order valence-electron chi connectivity index (χ4n) is 4.81. The minimum Gasteiger partial charge on any atom is -0.506 e. The number of ether oxygens (including phenoxy) is 1. The van der Waals surface area contributed by atoms with Crippen molar-refractivity contribution in [2.75, 3.05) is 0 Å². The predicted octanol–water partition coefficient (Wildman–Crippen LogP) is 6.96.